The number of ether oxygens (including phenoxy) is 1. The summed E-state index contributed by atoms with van der Waals surface area (Å²) in [5, 5.41) is 9.98. The second-order valence-corrected chi connectivity index (χ2v) is 4.78. The van der Waals surface area contributed by atoms with Crippen LogP contribution < -0.4 is 5.73 Å². The van der Waals surface area contributed by atoms with Crippen molar-refractivity contribution in [3.63, 3.8) is 0 Å². The standard InChI is InChI=1S/C14H21NO2/c15-12-8-6-11(7-9-12)14(16)10-17-13-4-2-1-3-5-13/h6-9,13-14,16H,1-5,10,15H2. The van der Waals surface area contributed by atoms with E-state index in [0.717, 1.165) is 18.4 Å². The van der Waals surface area contributed by atoms with Crippen molar-refractivity contribution in [2.75, 3.05) is 12.3 Å². The molecule has 3 heteroatoms. The number of benzene rings is 1. The zero-order valence-corrected chi connectivity index (χ0v) is 10.1. The van der Waals surface area contributed by atoms with Gasteiger partial charge in [0.25, 0.3) is 0 Å². The molecule has 0 amide bonds. The Morgan fingerprint density at radius 2 is 1.82 bits per heavy atom. The molecule has 0 radical (unpaired) electrons. The summed E-state index contributed by atoms with van der Waals surface area (Å²) in [4.78, 5) is 0. The molecule has 17 heavy (non-hydrogen) atoms. The molecule has 2 rings (SSSR count). The quantitative estimate of drug-likeness (QED) is 0.789. The summed E-state index contributed by atoms with van der Waals surface area (Å²) in [6.45, 7) is 0.384. The van der Waals surface area contributed by atoms with E-state index in [0.29, 0.717) is 18.4 Å². The molecular formula is C14H21NO2. The van der Waals surface area contributed by atoms with E-state index in [9.17, 15) is 5.11 Å². The number of hydrogen-bond donors (Lipinski definition) is 2. The van der Waals surface area contributed by atoms with Gasteiger partial charge in [0.1, 0.15) is 6.10 Å². The van der Waals surface area contributed by atoms with E-state index in [2.05, 4.69) is 0 Å². The number of aliphatic hydroxyl groups is 1. The molecule has 0 aliphatic heterocycles. The molecule has 0 saturated heterocycles. The van der Waals surface area contributed by atoms with E-state index in [4.69, 9.17) is 10.5 Å². The summed E-state index contributed by atoms with van der Waals surface area (Å²) < 4.78 is 5.75. The minimum absolute atomic E-state index is 0.340. The molecule has 1 aromatic rings. The lowest BCUT2D eigenvalue weighted by atomic mass is 9.98. The predicted molar refractivity (Wildman–Crippen MR) is 68.6 cm³/mol. The molecule has 3 nitrogen and oxygen atoms in total. The van der Waals surface area contributed by atoms with E-state index >= 15 is 0 Å². The Morgan fingerprint density at radius 3 is 2.47 bits per heavy atom. The molecule has 1 saturated carbocycles. The van der Waals surface area contributed by atoms with Gasteiger partial charge in [0.05, 0.1) is 12.7 Å². The molecule has 94 valence electrons. The SMILES string of the molecule is Nc1ccc(C(O)COC2CCCCC2)cc1. The van der Waals surface area contributed by atoms with Crippen LogP contribution in [0, 0.1) is 0 Å². The van der Waals surface area contributed by atoms with Crippen molar-refractivity contribution in [3.8, 4) is 0 Å². The molecule has 1 aromatic carbocycles. The maximum absolute atomic E-state index is 9.98. The smallest absolute Gasteiger partial charge is 0.102 e. The van der Waals surface area contributed by atoms with Crippen LogP contribution in [0.3, 0.4) is 0 Å². The Hall–Kier alpha value is -1.06. The zero-order chi connectivity index (χ0) is 12.1. The van der Waals surface area contributed by atoms with Crippen LogP contribution in [0.2, 0.25) is 0 Å². The van der Waals surface area contributed by atoms with Crippen molar-refractivity contribution in [2.45, 2.75) is 44.3 Å². The number of hydrogen-bond acceptors (Lipinski definition) is 3. The third kappa shape index (κ3) is 3.72. The van der Waals surface area contributed by atoms with Crippen molar-refractivity contribution >= 4 is 5.69 Å². The van der Waals surface area contributed by atoms with Gasteiger partial charge >= 0.3 is 0 Å². The van der Waals surface area contributed by atoms with Crippen molar-refractivity contribution in [1.29, 1.82) is 0 Å². The maximum Gasteiger partial charge on any atom is 0.102 e. The minimum atomic E-state index is -0.544. The van der Waals surface area contributed by atoms with E-state index in [1.54, 1.807) is 12.1 Å². The van der Waals surface area contributed by atoms with Crippen molar-refractivity contribution in [3.05, 3.63) is 29.8 Å². The molecule has 1 fully saturated rings. The largest absolute Gasteiger partial charge is 0.399 e. The lowest BCUT2D eigenvalue weighted by Crippen LogP contribution is -2.20. The lowest BCUT2D eigenvalue weighted by Gasteiger charge is -2.23. The lowest BCUT2D eigenvalue weighted by molar-refractivity contribution is -0.0245. The summed E-state index contributed by atoms with van der Waals surface area (Å²) in [6, 6.07) is 7.31. The minimum Gasteiger partial charge on any atom is -0.399 e. The fraction of sp³-hybridized carbons (Fsp3) is 0.571. The molecule has 0 bridgehead atoms. The first-order chi connectivity index (χ1) is 8.25. The molecule has 0 aromatic heterocycles. The van der Waals surface area contributed by atoms with Crippen LogP contribution in [0.1, 0.15) is 43.8 Å². The highest BCUT2D eigenvalue weighted by Crippen LogP contribution is 2.22. The van der Waals surface area contributed by atoms with Gasteiger partial charge in [-0.15, -0.1) is 0 Å². The average Bonchev–Trinajstić information content (AvgIpc) is 2.38. The first-order valence-electron chi connectivity index (χ1n) is 6.41. The van der Waals surface area contributed by atoms with Gasteiger partial charge in [0.15, 0.2) is 0 Å². The summed E-state index contributed by atoms with van der Waals surface area (Å²) in [6.07, 6.45) is 5.89. The first-order valence-corrected chi connectivity index (χ1v) is 6.41. The van der Waals surface area contributed by atoms with Gasteiger partial charge in [-0.1, -0.05) is 31.4 Å². The van der Waals surface area contributed by atoms with Crippen LogP contribution in [0.4, 0.5) is 5.69 Å². The van der Waals surface area contributed by atoms with Crippen LogP contribution in [0.15, 0.2) is 24.3 Å². The Balaban J connectivity index is 1.80. The third-order valence-electron chi connectivity index (χ3n) is 3.36. The van der Waals surface area contributed by atoms with Gasteiger partial charge in [-0.05, 0) is 30.5 Å². The van der Waals surface area contributed by atoms with Crippen LogP contribution >= 0.6 is 0 Å². The zero-order valence-electron chi connectivity index (χ0n) is 10.1. The molecular weight excluding hydrogens is 214 g/mol. The van der Waals surface area contributed by atoms with Gasteiger partial charge in [-0.3, -0.25) is 0 Å². The van der Waals surface area contributed by atoms with Gasteiger partial charge in [-0.25, -0.2) is 0 Å². The Morgan fingerprint density at radius 1 is 1.18 bits per heavy atom. The van der Waals surface area contributed by atoms with Crippen LogP contribution in [-0.4, -0.2) is 17.8 Å². The molecule has 1 aliphatic rings. The highest BCUT2D eigenvalue weighted by atomic mass is 16.5. The fourth-order valence-corrected chi connectivity index (χ4v) is 2.27. The van der Waals surface area contributed by atoms with Crippen LogP contribution in [0.5, 0.6) is 0 Å². The molecule has 1 atom stereocenters. The van der Waals surface area contributed by atoms with E-state index in [1.165, 1.54) is 19.3 Å². The second kappa shape index (κ2) is 6.03. The van der Waals surface area contributed by atoms with Gasteiger partial charge in [0.2, 0.25) is 0 Å². The first kappa shape index (κ1) is 12.4. The summed E-state index contributed by atoms with van der Waals surface area (Å²) >= 11 is 0. The van der Waals surface area contributed by atoms with Gasteiger partial charge in [-0.2, -0.15) is 0 Å². The highest BCUT2D eigenvalue weighted by Gasteiger charge is 2.16. The van der Waals surface area contributed by atoms with Crippen LogP contribution in [-0.2, 0) is 4.74 Å². The van der Waals surface area contributed by atoms with Crippen molar-refractivity contribution < 1.29 is 9.84 Å². The monoisotopic (exact) mass is 235 g/mol. The fourth-order valence-electron chi connectivity index (χ4n) is 2.27. The Kier molecular flexibility index (Phi) is 4.40. The topological polar surface area (TPSA) is 55.5 Å². The normalized spacial score (nSPS) is 19.1. The highest BCUT2D eigenvalue weighted by molar-refractivity contribution is 5.39. The predicted octanol–water partition coefficient (Wildman–Crippen LogP) is 2.65. The molecule has 1 aliphatic carbocycles. The van der Waals surface area contributed by atoms with E-state index in [1.807, 2.05) is 12.1 Å². The summed E-state index contributed by atoms with van der Waals surface area (Å²) in [5.74, 6) is 0. The van der Waals surface area contributed by atoms with Crippen LogP contribution in [0.25, 0.3) is 0 Å². The summed E-state index contributed by atoms with van der Waals surface area (Å²) in [5.41, 5.74) is 7.19. The third-order valence-corrected chi connectivity index (χ3v) is 3.36. The number of nitrogen functional groups attached to an aromatic ring is 1. The Labute approximate surface area is 103 Å². The summed E-state index contributed by atoms with van der Waals surface area (Å²) in [7, 11) is 0. The average molecular weight is 235 g/mol. The van der Waals surface area contributed by atoms with Crippen molar-refractivity contribution in [1.82, 2.24) is 0 Å². The molecule has 0 heterocycles. The molecule has 3 N–H and O–H groups in total. The number of rotatable bonds is 4. The number of aliphatic hydroxyl groups excluding tert-OH is 1. The van der Waals surface area contributed by atoms with E-state index < -0.39 is 6.10 Å². The Bertz CT molecular complexity index is 331. The number of anilines is 1. The maximum atomic E-state index is 9.98. The van der Waals surface area contributed by atoms with E-state index in [-0.39, 0.29) is 0 Å². The second-order valence-electron chi connectivity index (χ2n) is 4.78. The van der Waals surface area contributed by atoms with Gasteiger partial charge < -0.3 is 15.6 Å². The van der Waals surface area contributed by atoms with Crippen molar-refractivity contribution in [2.24, 2.45) is 0 Å². The van der Waals surface area contributed by atoms with Gasteiger partial charge in [0, 0.05) is 5.69 Å². The molecule has 1 unspecified atom stereocenters. The number of nitrogens with two attached hydrogens (primary N) is 1. The molecule has 0 spiro atoms.